The molecule has 70 valence electrons. The molecule has 1 heterocycles. The standard InChI is InChI=1S/C4H2BrN3O4S/c5-4-6-2(1-7(9)10)3(13-4)8(11)12/h1H2. The molecule has 7 nitrogen and oxygen atoms in total. The first kappa shape index (κ1) is 9.99. The van der Waals surface area contributed by atoms with Gasteiger partial charge in [-0.3, -0.25) is 20.2 Å². The largest absolute Gasteiger partial charge is 0.354 e. The van der Waals surface area contributed by atoms with Gasteiger partial charge >= 0.3 is 5.00 Å². The summed E-state index contributed by atoms with van der Waals surface area (Å²) in [6, 6.07) is 0. The third-order valence-corrected chi connectivity index (χ3v) is 2.60. The molecule has 0 atom stereocenters. The number of halogens is 1. The van der Waals surface area contributed by atoms with Crippen LogP contribution in [-0.2, 0) is 6.54 Å². The Morgan fingerprint density at radius 2 is 2.08 bits per heavy atom. The molecule has 0 saturated carbocycles. The van der Waals surface area contributed by atoms with Crippen LogP contribution in [0.5, 0.6) is 0 Å². The minimum absolute atomic E-state index is 0.119. The molecule has 0 N–H and O–H groups in total. The van der Waals surface area contributed by atoms with Gasteiger partial charge in [-0.05, 0) is 27.3 Å². The highest BCUT2D eigenvalue weighted by Gasteiger charge is 2.23. The summed E-state index contributed by atoms with van der Waals surface area (Å²) in [6.45, 7) is -0.627. The average Bonchev–Trinajstić information content (AvgIpc) is 2.29. The Hall–Kier alpha value is -1.09. The lowest BCUT2D eigenvalue weighted by molar-refractivity contribution is -0.499. The zero-order chi connectivity index (χ0) is 10.0. The second-order valence-corrected chi connectivity index (χ2v) is 4.22. The zero-order valence-corrected chi connectivity index (χ0v) is 8.37. The van der Waals surface area contributed by atoms with Crippen molar-refractivity contribution in [2.75, 3.05) is 0 Å². The Morgan fingerprint density at radius 3 is 2.54 bits per heavy atom. The lowest BCUT2D eigenvalue weighted by atomic mass is 10.5. The van der Waals surface area contributed by atoms with Gasteiger partial charge in [-0.2, -0.15) is 0 Å². The molecule has 9 heteroatoms. The zero-order valence-electron chi connectivity index (χ0n) is 5.97. The van der Waals surface area contributed by atoms with Crippen molar-refractivity contribution in [1.82, 2.24) is 4.98 Å². The van der Waals surface area contributed by atoms with Gasteiger partial charge in [0.05, 0.1) is 4.92 Å². The van der Waals surface area contributed by atoms with Gasteiger partial charge in [-0.15, -0.1) is 0 Å². The van der Waals surface area contributed by atoms with Crippen LogP contribution in [0.2, 0.25) is 0 Å². The molecule has 0 aromatic carbocycles. The number of nitro groups is 2. The molecule has 0 bridgehead atoms. The quantitative estimate of drug-likeness (QED) is 0.612. The van der Waals surface area contributed by atoms with E-state index in [4.69, 9.17) is 0 Å². The fourth-order valence-corrected chi connectivity index (χ4v) is 1.98. The number of hydrogen-bond acceptors (Lipinski definition) is 6. The minimum Gasteiger partial charge on any atom is -0.264 e. The van der Waals surface area contributed by atoms with E-state index < -0.39 is 16.4 Å². The van der Waals surface area contributed by atoms with Crippen LogP contribution in [0.15, 0.2) is 3.92 Å². The van der Waals surface area contributed by atoms with Gasteiger partial charge in [-0.25, -0.2) is 4.98 Å². The maximum Gasteiger partial charge on any atom is 0.354 e. The summed E-state index contributed by atoms with van der Waals surface area (Å²) in [6.07, 6.45) is 0. The third-order valence-electron chi connectivity index (χ3n) is 1.10. The van der Waals surface area contributed by atoms with Crippen molar-refractivity contribution in [3.05, 3.63) is 29.8 Å². The van der Waals surface area contributed by atoms with Crippen molar-refractivity contribution in [2.24, 2.45) is 0 Å². The number of aromatic nitrogens is 1. The fourth-order valence-electron chi connectivity index (χ4n) is 0.683. The van der Waals surface area contributed by atoms with E-state index in [9.17, 15) is 20.2 Å². The van der Waals surface area contributed by atoms with E-state index in [0.717, 1.165) is 11.3 Å². The SMILES string of the molecule is O=[N+]([O-])Cc1nc(Br)sc1[N+](=O)[O-]. The first-order valence-electron chi connectivity index (χ1n) is 2.92. The van der Waals surface area contributed by atoms with Crippen molar-refractivity contribution in [2.45, 2.75) is 6.54 Å². The van der Waals surface area contributed by atoms with Crippen LogP contribution in [0.3, 0.4) is 0 Å². The van der Waals surface area contributed by atoms with Crippen LogP contribution >= 0.6 is 27.3 Å². The Labute approximate surface area is 83.8 Å². The van der Waals surface area contributed by atoms with E-state index in [2.05, 4.69) is 20.9 Å². The first-order chi connectivity index (χ1) is 6.00. The van der Waals surface area contributed by atoms with Gasteiger partial charge in [0, 0.05) is 4.92 Å². The Balaban J connectivity index is 3.04. The molecular formula is C4H2BrN3O4S. The van der Waals surface area contributed by atoms with Gasteiger partial charge in [0.25, 0.3) is 6.54 Å². The Kier molecular flexibility index (Phi) is 2.88. The number of nitrogens with zero attached hydrogens (tertiary/aromatic N) is 3. The van der Waals surface area contributed by atoms with E-state index in [1.54, 1.807) is 0 Å². The molecule has 1 rings (SSSR count). The molecule has 0 fully saturated rings. The number of hydrogen-bond donors (Lipinski definition) is 0. The van der Waals surface area contributed by atoms with Crippen LogP contribution < -0.4 is 0 Å². The van der Waals surface area contributed by atoms with Crippen LogP contribution in [0, 0.1) is 20.2 Å². The molecule has 0 saturated heterocycles. The molecule has 0 aliphatic carbocycles. The van der Waals surface area contributed by atoms with E-state index in [0.29, 0.717) is 0 Å². The van der Waals surface area contributed by atoms with Crippen LogP contribution in [-0.4, -0.2) is 14.8 Å². The predicted octanol–water partition coefficient (Wildman–Crippen LogP) is 1.59. The second-order valence-electron chi connectivity index (χ2n) is 1.97. The van der Waals surface area contributed by atoms with Gasteiger partial charge in [0.1, 0.15) is 0 Å². The van der Waals surface area contributed by atoms with E-state index in [1.807, 2.05) is 0 Å². The van der Waals surface area contributed by atoms with E-state index in [-0.39, 0.29) is 14.6 Å². The first-order valence-corrected chi connectivity index (χ1v) is 4.53. The topological polar surface area (TPSA) is 99.2 Å². The van der Waals surface area contributed by atoms with E-state index >= 15 is 0 Å². The van der Waals surface area contributed by atoms with Crippen molar-refractivity contribution in [3.8, 4) is 0 Å². The summed E-state index contributed by atoms with van der Waals surface area (Å²) in [4.78, 5) is 22.7. The molecule has 13 heavy (non-hydrogen) atoms. The molecule has 0 unspecified atom stereocenters. The maximum absolute atomic E-state index is 10.3. The predicted molar refractivity (Wildman–Crippen MR) is 47.2 cm³/mol. The highest BCUT2D eigenvalue weighted by molar-refractivity contribution is 9.11. The van der Waals surface area contributed by atoms with E-state index in [1.165, 1.54) is 0 Å². The second kappa shape index (κ2) is 3.75. The lowest BCUT2D eigenvalue weighted by Crippen LogP contribution is -2.01. The summed E-state index contributed by atoms with van der Waals surface area (Å²) < 4.78 is 0.274. The van der Waals surface area contributed by atoms with Crippen LogP contribution in [0.1, 0.15) is 5.69 Å². The smallest absolute Gasteiger partial charge is 0.264 e. The van der Waals surface area contributed by atoms with Gasteiger partial charge in [0.2, 0.25) is 5.69 Å². The molecular weight excluding hydrogens is 266 g/mol. The molecule has 0 aliphatic heterocycles. The minimum atomic E-state index is -0.679. The van der Waals surface area contributed by atoms with Crippen molar-refractivity contribution in [1.29, 1.82) is 0 Å². The molecule has 0 aliphatic rings. The summed E-state index contributed by atoms with van der Waals surface area (Å²) in [5.74, 6) is 0. The average molecular weight is 268 g/mol. The van der Waals surface area contributed by atoms with Crippen molar-refractivity contribution < 1.29 is 9.85 Å². The van der Waals surface area contributed by atoms with Crippen molar-refractivity contribution in [3.63, 3.8) is 0 Å². The molecule has 0 spiro atoms. The molecule has 0 radical (unpaired) electrons. The summed E-state index contributed by atoms with van der Waals surface area (Å²) in [5, 5.41) is 20.1. The van der Waals surface area contributed by atoms with Gasteiger partial charge in [0.15, 0.2) is 3.92 Å². The Morgan fingerprint density at radius 1 is 1.46 bits per heavy atom. The fraction of sp³-hybridized carbons (Fsp3) is 0.250. The normalized spacial score (nSPS) is 9.92. The highest BCUT2D eigenvalue weighted by atomic mass is 79.9. The third kappa shape index (κ3) is 2.42. The number of thiazole rings is 1. The van der Waals surface area contributed by atoms with Crippen molar-refractivity contribution >= 4 is 32.3 Å². The lowest BCUT2D eigenvalue weighted by Gasteiger charge is -1.87. The molecule has 1 aromatic heterocycles. The van der Waals surface area contributed by atoms with Gasteiger partial charge < -0.3 is 0 Å². The molecule has 1 aromatic rings. The summed E-state index contributed by atoms with van der Waals surface area (Å²) in [5.41, 5.74) is -0.119. The van der Waals surface area contributed by atoms with Crippen LogP contribution in [0.4, 0.5) is 5.00 Å². The van der Waals surface area contributed by atoms with Gasteiger partial charge in [-0.1, -0.05) is 0 Å². The number of rotatable bonds is 3. The summed E-state index contributed by atoms with van der Waals surface area (Å²) >= 11 is 3.69. The monoisotopic (exact) mass is 267 g/mol. The highest BCUT2D eigenvalue weighted by Crippen LogP contribution is 2.30. The summed E-state index contributed by atoms with van der Waals surface area (Å²) in [7, 11) is 0. The maximum atomic E-state index is 10.3. The molecule has 0 amide bonds. The van der Waals surface area contributed by atoms with Crippen LogP contribution in [0.25, 0.3) is 0 Å². The Bertz CT molecular complexity index is 364.